The molecule has 6 heteroatoms. The van der Waals surface area contributed by atoms with E-state index in [2.05, 4.69) is 28.4 Å². The predicted octanol–water partition coefficient (Wildman–Crippen LogP) is 1.92. The summed E-state index contributed by atoms with van der Waals surface area (Å²) in [5.41, 5.74) is 2.62. The molecule has 1 aliphatic heterocycles. The Bertz CT molecular complexity index is 727. The zero-order valence-electron chi connectivity index (χ0n) is 14.4. The summed E-state index contributed by atoms with van der Waals surface area (Å²) in [6.45, 7) is 2.33. The molecule has 1 aromatic heterocycles. The molecule has 0 atom stereocenters. The van der Waals surface area contributed by atoms with Crippen LogP contribution in [0.25, 0.3) is 0 Å². The summed E-state index contributed by atoms with van der Waals surface area (Å²) in [7, 11) is 1.59. The molecule has 1 aliphatic rings. The number of likely N-dealkylation sites (N-methyl/N-ethyl adjacent to an activating group) is 1. The van der Waals surface area contributed by atoms with E-state index in [0.717, 1.165) is 25.9 Å². The molecule has 0 spiro atoms. The number of amides is 2. The van der Waals surface area contributed by atoms with Gasteiger partial charge in [0.15, 0.2) is 5.76 Å². The fourth-order valence-corrected chi connectivity index (χ4v) is 3.11. The third-order valence-electron chi connectivity index (χ3n) is 4.37. The third-order valence-corrected chi connectivity index (χ3v) is 4.37. The van der Waals surface area contributed by atoms with Gasteiger partial charge in [-0.1, -0.05) is 18.2 Å². The number of carbonyl (C=O) groups is 2. The van der Waals surface area contributed by atoms with E-state index in [1.54, 1.807) is 19.2 Å². The van der Waals surface area contributed by atoms with Crippen molar-refractivity contribution < 1.29 is 14.0 Å². The van der Waals surface area contributed by atoms with Crippen molar-refractivity contribution in [2.75, 3.05) is 38.1 Å². The lowest BCUT2D eigenvalue weighted by Crippen LogP contribution is -2.42. The van der Waals surface area contributed by atoms with Crippen molar-refractivity contribution in [3.8, 4) is 0 Å². The average molecular weight is 341 g/mol. The molecule has 0 unspecified atom stereocenters. The van der Waals surface area contributed by atoms with Crippen molar-refractivity contribution in [2.45, 2.75) is 12.8 Å². The number of nitrogens with zero attached hydrogens (tertiary/aromatic N) is 2. The number of furan rings is 1. The van der Waals surface area contributed by atoms with E-state index in [1.165, 1.54) is 22.4 Å². The molecular formula is C19H23N3O3. The van der Waals surface area contributed by atoms with Gasteiger partial charge in [0.25, 0.3) is 5.91 Å². The summed E-state index contributed by atoms with van der Waals surface area (Å²) in [4.78, 5) is 27.8. The van der Waals surface area contributed by atoms with Crippen molar-refractivity contribution in [3.63, 3.8) is 0 Å². The van der Waals surface area contributed by atoms with Crippen LogP contribution in [0.5, 0.6) is 0 Å². The Morgan fingerprint density at radius 3 is 2.88 bits per heavy atom. The van der Waals surface area contributed by atoms with Crippen LogP contribution in [0, 0.1) is 0 Å². The fourth-order valence-electron chi connectivity index (χ4n) is 3.11. The minimum absolute atomic E-state index is 0.0100. The SMILES string of the molecule is CN(CC(=O)NCCN1CCCc2ccccc21)C(=O)c1ccco1. The molecule has 3 rings (SSSR count). The molecule has 2 aromatic rings. The molecule has 0 bridgehead atoms. The Morgan fingerprint density at radius 2 is 2.08 bits per heavy atom. The monoisotopic (exact) mass is 341 g/mol. The van der Waals surface area contributed by atoms with Crippen LogP contribution < -0.4 is 10.2 Å². The first-order valence-electron chi connectivity index (χ1n) is 8.53. The van der Waals surface area contributed by atoms with Gasteiger partial charge in [0, 0.05) is 32.4 Å². The van der Waals surface area contributed by atoms with Crippen LogP contribution in [0.1, 0.15) is 22.5 Å². The first-order valence-corrected chi connectivity index (χ1v) is 8.53. The van der Waals surface area contributed by atoms with Gasteiger partial charge in [-0.05, 0) is 36.6 Å². The number of aryl methyl sites for hydroxylation is 1. The summed E-state index contributed by atoms with van der Waals surface area (Å²) in [5, 5.41) is 2.89. The van der Waals surface area contributed by atoms with Gasteiger partial charge < -0.3 is 19.5 Å². The van der Waals surface area contributed by atoms with Crippen LogP contribution in [0.2, 0.25) is 0 Å². The van der Waals surface area contributed by atoms with Gasteiger partial charge >= 0.3 is 0 Å². The number of hydrogen-bond donors (Lipinski definition) is 1. The molecule has 0 fully saturated rings. The minimum Gasteiger partial charge on any atom is -0.459 e. The second-order valence-corrected chi connectivity index (χ2v) is 6.21. The molecule has 6 nitrogen and oxygen atoms in total. The second-order valence-electron chi connectivity index (χ2n) is 6.21. The highest BCUT2D eigenvalue weighted by molar-refractivity contribution is 5.94. The third kappa shape index (κ3) is 4.21. The summed E-state index contributed by atoms with van der Waals surface area (Å²) >= 11 is 0. The molecule has 0 saturated carbocycles. The smallest absolute Gasteiger partial charge is 0.289 e. The van der Waals surface area contributed by atoms with Gasteiger partial charge in [-0.25, -0.2) is 0 Å². The van der Waals surface area contributed by atoms with E-state index in [-0.39, 0.29) is 24.1 Å². The number of para-hydroxylation sites is 1. The zero-order chi connectivity index (χ0) is 17.6. The Hall–Kier alpha value is -2.76. The maximum Gasteiger partial charge on any atom is 0.289 e. The number of anilines is 1. The van der Waals surface area contributed by atoms with E-state index in [9.17, 15) is 9.59 Å². The summed E-state index contributed by atoms with van der Waals surface area (Å²) < 4.78 is 5.06. The molecule has 25 heavy (non-hydrogen) atoms. The second kappa shape index (κ2) is 7.88. The largest absolute Gasteiger partial charge is 0.459 e. The highest BCUT2D eigenvalue weighted by Gasteiger charge is 2.18. The molecular weight excluding hydrogens is 318 g/mol. The highest BCUT2D eigenvalue weighted by Crippen LogP contribution is 2.25. The van der Waals surface area contributed by atoms with Gasteiger partial charge in [-0.3, -0.25) is 9.59 Å². The van der Waals surface area contributed by atoms with E-state index in [0.29, 0.717) is 6.54 Å². The zero-order valence-corrected chi connectivity index (χ0v) is 14.4. The molecule has 0 radical (unpaired) electrons. The molecule has 132 valence electrons. The average Bonchev–Trinajstić information content (AvgIpc) is 3.16. The first kappa shape index (κ1) is 17.1. The molecule has 2 heterocycles. The number of carbonyl (C=O) groups excluding carboxylic acids is 2. The molecule has 1 aromatic carbocycles. The van der Waals surface area contributed by atoms with Crippen molar-refractivity contribution in [1.29, 1.82) is 0 Å². The summed E-state index contributed by atoms with van der Waals surface area (Å²) in [6.07, 6.45) is 3.68. The maximum atomic E-state index is 12.1. The number of nitrogens with one attached hydrogen (secondary N) is 1. The lowest BCUT2D eigenvalue weighted by molar-refractivity contribution is -0.121. The van der Waals surface area contributed by atoms with Crippen molar-refractivity contribution in [1.82, 2.24) is 10.2 Å². The van der Waals surface area contributed by atoms with Crippen LogP contribution in [0.4, 0.5) is 5.69 Å². The lowest BCUT2D eigenvalue weighted by atomic mass is 10.0. The van der Waals surface area contributed by atoms with Gasteiger partial charge in [0.05, 0.1) is 12.8 Å². The normalized spacial score (nSPS) is 13.2. The van der Waals surface area contributed by atoms with Crippen LogP contribution in [-0.4, -0.2) is 49.9 Å². The Kier molecular flexibility index (Phi) is 5.38. The van der Waals surface area contributed by atoms with Crippen LogP contribution >= 0.6 is 0 Å². The van der Waals surface area contributed by atoms with Gasteiger partial charge in [-0.15, -0.1) is 0 Å². The fraction of sp³-hybridized carbons (Fsp3) is 0.368. The van der Waals surface area contributed by atoms with E-state index < -0.39 is 0 Å². The van der Waals surface area contributed by atoms with E-state index >= 15 is 0 Å². The van der Waals surface area contributed by atoms with E-state index in [4.69, 9.17) is 4.42 Å². The highest BCUT2D eigenvalue weighted by atomic mass is 16.3. The quantitative estimate of drug-likeness (QED) is 0.872. The number of fused-ring (bicyclic) bond motifs is 1. The number of rotatable bonds is 6. The predicted molar refractivity (Wildman–Crippen MR) is 95.7 cm³/mol. The Balaban J connectivity index is 1.45. The molecule has 2 amide bonds. The first-order chi connectivity index (χ1) is 12.1. The Morgan fingerprint density at radius 1 is 1.24 bits per heavy atom. The van der Waals surface area contributed by atoms with Crippen LogP contribution in [-0.2, 0) is 11.2 Å². The van der Waals surface area contributed by atoms with Gasteiger partial charge in [-0.2, -0.15) is 0 Å². The summed E-state index contributed by atoms with van der Waals surface area (Å²) in [6, 6.07) is 11.6. The van der Waals surface area contributed by atoms with Crippen LogP contribution in [0.15, 0.2) is 47.1 Å². The minimum atomic E-state index is -0.301. The molecule has 0 aliphatic carbocycles. The van der Waals surface area contributed by atoms with Crippen molar-refractivity contribution in [3.05, 3.63) is 54.0 Å². The van der Waals surface area contributed by atoms with Gasteiger partial charge in [0.1, 0.15) is 0 Å². The van der Waals surface area contributed by atoms with Gasteiger partial charge in [0.2, 0.25) is 5.91 Å². The number of benzene rings is 1. The van der Waals surface area contributed by atoms with Crippen LogP contribution in [0.3, 0.4) is 0 Å². The molecule has 0 saturated heterocycles. The summed E-state index contributed by atoms with van der Waals surface area (Å²) in [5.74, 6) is -0.238. The van der Waals surface area contributed by atoms with Crippen molar-refractivity contribution in [2.24, 2.45) is 0 Å². The Labute approximate surface area is 147 Å². The number of hydrogen-bond acceptors (Lipinski definition) is 4. The van der Waals surface area contributed by atoms with Crippen molar-refractivity contribution >= 4 is 17.5 Å². The lowest BCUT2D eigenvalue weighted by Gasteiger charge is -2.31. The van der Waals surface area contributed by atoms with E-state index in [1.807, 2.05) is 6.07 Å². The molecule has 1 N–H and O–H groups in total. The standard InChI is InChI=1S/C19H23N3O3/c1-21(19(24)17-9-5-13-25-17)14-18(23)20-10-12-22-11-4-7-15-6-2-3-8-16(15)22/h2-3,5-6,8-9,13H,4,7,10-12,14H2,1H3,(H,20,23). The maximum absolute atomic E-state index is 12.1. The topological polar surface area (TPSA) is 65.8 Å².